The highest BCUT2D eigenvalue weighted by atomic mass is 32.2. The monoisotopic (exact) mass is 324 g/mol. The van der Waals surface area contributed by atoms with E-state index >= 15 is 0 Å². The molecule has 3 N–H and O–H groups in total. The lowest BCUT2D eigenvalue weighted by atomic mass is 9.87. The summed E-state index contributed by atoms with van der Waals surface area (Å²) in [5, 5.41) is 3.26. The predicted octanol–water partition coefficient (Wildman–Crippen LogP) is 3.48. The number of thioether (sulfide) groups is 1. The molecule has 0 spiro atoms. The molecule has 1 amide bonds. The number of aryl methyl sites for hydroxylation is 1. The largest absolute Gasteiger partial charge is 0.399 e. The molecule has 1 heterocycles. The van der Waals surface area contributed by atoms with E-state index in [1.54, 1.807) is 11.8 Å². The van der Waals surface area contributed by atoms with Crippen molar-refractivity contribution in [2.45, 2.75) is 41.9 Å². The minimum absolute atomic E-state index is 0.00782. The van der Waals surface area contributed by atoms with Gasteiger partial charge in [0.05, 0.1) is 11.3 Å². The Labute approximate surface area is 140 Å². The van der Waals surface area contributed by atoms with Gasteiger partial charge in [0.1, 0.15) is 0 Å². The van der Waals surface area contributed by atoms with Crippen LogP contribution in [0.25, 0.3) is 0 Å². The van der Waals surface area contributed by atoms with Crippen LogP contribution in [0.15, 0.2) is 47.4 Å². The highest BCUT2D eigenvalue weighted by Crippen LogP contribution is 2.38. The van der Waals surface area contributed by atoms with Crippen molar-refractivity contribution < 1.29 is 4.79 Å². The van der Waals surface area contributed by atoms with Gasteiger partial charge in [-0.3, -0.25) is 4.79 Å². The van der Waals surface area contributed by atoms with Crippen molar-refractivity contribution in [3.05, 3.63) is 59.2 Å². The minimum Gasteiger partial charge on any atom is -0.399 e. The highest BCUT2D eigenvalue weighted by molar-refractivity contribution is 8.01. The normalized spacial score (nSPS) is 22.3. The van der Waals surface area contributed by atoms with Gasteiger partial charge in [-0.15, -0.1) is 11.8 Å². The zero-order valence-corrected chi connectivity index (χ0v) is 13.7. The van der Waals surface area contributed by atoms with E-state index in [4.69, 9.17) is 5.73 Å². The fourth-order valence-corrected chi connectivity index (χ4v) is 4.78. The molecule has 0 saturated heterocycles. The molecule has 2 aromatic carbocycles. The maximum atomic E-state index is 12.7. The Balaban J connectivity index is 1.49. The van der Waals surface area contributed by atoms with Crippen molar-refractivity contribution in [1.82, 2.24) is 5.32 Å². The quantitative estimate of drug-likeness (QED) is 0.832. The summed E-state index contributed by atoms with van der Waals surface area (Å²) in [6.07, 6.45) is 3.98. The summed E-state index contributed by atoms with van der Waals surface area (Å²) in [6, 6.07) is 14.5. The van der Waals surface area contributed by atoms with Crippen LogP contribution in [0.1, 0.15) is 35.6 Å². The van der Waals surface area contributed by atoms with E-state index in [0.29, 0.717) is 0 Å². The number of fused-ring (bicyclic) bond motifs is 2. The van der Waals surface area contributed by atoms with Gasteiger partial charge in [0.25, 0.3) is 0 Å². The maximum Gasteiger partial charge on any atom is 0.234 e. The van der Waals surface area contributed by atoms with Crippen LogP contribution in [-0.4, -0.2) is 11.2 Å². The van der Waals surface area contributed by atoms with Crippen LogP contribution in [0, 0.1) is 0 Å². The number of hydrogen-bond acceptors (Lipinski definition) is 3. The van der Waals surface area contributed by atoms with E-state index in [-0.39, 0.29) is 17.2 Å². The van der Waals surface area contributed by atoms with Gasteiger partial charge in [-0.05, 0) is 60.6 Å². The number of anilines is 1. The Morgan fingerprint density at radius 3 is 2.91 bits per heavy atom. The zero-order valence-electron chi connectivity index (χ0n) is 12.9. The van der Waals surface area contributed by atoms with Crippen LogP contribution in [0.4, 0.5) is 5.69 Å². The molecule has 1 aliphatic heterocycles. The molecule has 4 rings (SSSR count). The van der Waals surface area contributed by atoms with Gasteiger partial charge in [0, 0.05) is 10.6 Å². The zero-order chi connectivity index (χ0) is 15.8. The predicted molar refractivity (Wildman–Crippen MR) is 94.5 cm³/mol. The average molecular weight is 324 g/mol. The van der Waals surface area contributed by atoms with Gasteiger partial charge >= 0.3 is 0 Å². The lowest BCUT2D eigenvalue weighted by Gasteiger charge is -2.27. The first-order valence-electron chi connectivity index (χ1n) is 8.14. The molecule has 118 valence electrons. The third-order valence-electron chi connectivity index (χ3n) is 4.74. The molecule has 4 heteroatoms. The fourth-order valence-electron chi connectivity index (χ4n) is 3.58. The molecular formula is C19H20N2OS. The van der Waals surface area contributed by atoms with Crippen molar-refractivity contribution in [2.24, 2.45) is 0 Å². The Kier molecular flexibility index (Phi) is 3.77. The molecule has 0 bridgehead atoms. The Morgan fingerprint density at radius 1 is 1.17 bits per heavy atom. The van der Waals surface area contributed by atoms with E-state index in [2.05, 4.69) is 23.5 Å². The molecule has 0 fully saturated rings. The number of hydrogen-bond donors (Lipinski definition) is 2. The molecule has 1 aliphatic carbocycles. The highest BCUT2D eigenvalue weighted by Gasteiger charge is 2.30. The number of carbonyl (C=O) groups excluding carboxylic acids is 1. The molecule has 0 radical (unpaired) electrons. The molecule has 2 unspecified atom stereocenters. The van der Waals surface area contributed by atoms with Gasteiger partial charge in [0.2, 0.25) is 5.91 Å². The number of nitrogens with two attached hydrogens (primary N) is 1. The van der Waals surface area contributed by atoms with Gasteiger partial charge in [-0.1, -0.05) is 24.3 Å². The molecule has 3 nitrogen and oxygen atoms in total. The van der Waals surface area contributed by atoms with Gasteiger partial charge in [0.15, 0.2) is 0 Å². The second kappa shape index (κ2) is 5.93. The van der Waals surface area contributed by atoms with Crippen LogP contribution >= 0.6 is 11.8 Å². The van der Waals surface area contributed by atoms with Crippen LogP contribution in [0.2, 0.25) is 0 Å². The first-order valence-corrected chi connectivity index (χ1v) is 9.02. The standard InChI is InChI=1S/C19H20N2OS/c20-14-8-9-15-12(10-14)5-3-6-16(15)21-19(22)18-11-13-4-1-2-7-17(13)23-18/h1-2,4,7-10,16,18H,3,5-6,11,20H2,(H,21,22). The first-order chi connectivity index (χ1) is 11.2. The van der Waals surface area contributed by atoms with E-state index in [1.807, 2.05) is 24.3 Å². The van der Waals surface area contributed by atoms with Crippen LogP contribution in [0.3, 0.4) is 0 Å². The fraction of sp³-hybridized carbons (Fsp3) is 0.316. The van der Waals surface area contributed by atoms with E-state index in [1.165, 1.54) is 21.6 Å². The van der Waals surface area contributed by atoms with Crippen LogP contribution in [-0.2, 0) is 17.6 Å². The van der Waals surface area contributed by atoms with E-state index in [9.17, 15) is 4.79 Å². The summed E-state index contributed by atoms with van der Waals surface area (Å²) >= 11 is 1.68. The summed E-state index contributed by atoms with van der Waals surface area (Å²) in [6.45, 7) is 0. The summed E-state index contributed by atoms with van der Waals surface area (Å²) < 4.78 is 0. The van der Waals surface area contributed by atoms with Crippen molar-refractivity contribution in [1.29, 1.82) is 0 Å². The number of benzene rings is 2. The number of rotatable bonds is 2. The molecule has 2 aliphatic rings. The second-order valence-corrected chi connectivity index (χ2v) is 7.57. The smallest absolute Gasteiger partial charge is 0.234 e. The molecular weight excluding hydrogens is 304 g/mol. The molecule has 23 heavy (non-hydrogen) atoms. The lowest BCUT2D eigenvalue weighted by Crippen LogP contribution is -2.37. The van der Waals surface area contributed by atoms with E-state index < -0.39 is 0 Å². The second-order valence-electron chi connectivity index (χ2n) is 6.33. The number of amides is 1. The van der Waals surface area contributed by atoms with Gasteiger partial charge in [-0.2, -0.15) is 0 Å². The van der Waals surface area contributed by atoms with Crippen molar-refractivity contribution in [2.75, 3.05) is 5.73 Å². The Hall–Kier alpha value is -1.94. The molecule has 2 atom stereocenters. The Morgan fingerprint density at radius 2 is 2.04 bits per heavy atom. The summed E-state index contributed by atoms with van der Waals surface area (Å²) in [7, 11) is 0. The van der Waals surface area contributed by atoms with E-state index in [0.717, 1.165) is 31.4 Å². The number of carbonyl (C=O) groups is 1. The summed E-state index contributed by atoms with van der Waals surface area (Å²) in [4.78, 5) is 13.9. The maximum absolute atomic E-state index is 12.7. The number of nitrogen functional groups attached to an aromatic ring is 1. The van der Waals surface area contributed by atoms with Gasteiger partial charge in [-0.25, -0.2) is 0 Å². The topological polar surface area (TPSA) is 55.1 Å². The van der Waals surface area contributed by atoms with Crippen molar-refractivity contribution in [3.8, 4) is 0 Å². The number of nitrogens with one attached hydrogen (secondary N) is 1. The van der Waals surface area contributed by atoms with Crippen molar-refractivity contribution >= 4 is 23.4 Å². The van der Waals surface area contributed by atoms with Crippen LogP contribution < -0.4 is 11.1 Å². The SMILES string of the molecule is Nc1ccc2c(c1)CCCC2NC(=O)C1Cc2ccccc2S1. The third-order valence-corrected chi connectivity index (χ3v) is 6.05. The first kappa shape index (κ1) is 14.6. The van der Waals surface area contributed by atoms with Gasteiger partial charge < -0.3 is 11.1 Å². The summed E-state index contributed by atoms with van der Waals surface area (Å²) in [5.41, 5.74) is 10.5. The average Bonchev–Trinajstić information content (AvgIpc) is 2.99. The third kappa shape index (κ3) is 2.83. The molecule has 0 aromatic heterocycles. The molecule has 2 aromatic rings. The molecule has 0 saturated carbocycles. The van der Waals surface area contributed by atoms with Crippen LogP contribution in [0.5, 0.6) is 0 Å². The lowest BCUT2D eigenvalue weighted by molar-refractivity contribution is -0.121. The summed E-state index contributed by atoms with van der Waals surface area (Å²) in [5.74, 6) is 0.154. The Bertz CT molecular complexity index is 734. The minimum atomic E-state index is -0.00782. The van der Waals surface area contributed by atoms with Crippen molar-refractivity contribution in [3.63, 3.8) is 0 Å².